The topological polar surface area (TPSA) is 110 Å². The molecule has 1 aromatic heterocycles. The first-order chi connectivity index (χ1) is 18.2. The highest BCUT2D eigenvalue weighted by Gasteiger charge is 2.33. The number of hydrogen-bond acceptors (Lipinski definition) is 6. The van der Waals surface area contributed by atoms with Gasteiger partial charge in [0, 0.05) is 31.0 Å². The third kappa shape index (κ3) is 9.03. The lowest BCUT2D eigenvalue weighted by Crippen LogP contribution is -2.55. The highest BCUT2D eigenvalue weighted by Crippen LogP contribution is 2.22. The summed E-state index contributed by atoms with van der Waals surface area (Å²) in [5, 5.41) is 17.4. The van der Waals surface area contributed by atoms with Crippen molar-refractivity contribution in [2.24, 2.45) is 11.1 Å². The van der Waals surface area contributed by atoms with Crippen molar-refractivity contribution >= 4 is 5.91 Å². The molecule has 3 rings (SSSR count). The van der Waals surface area contributed by atoms with Crippen LogP contribution >= 0.6 is 0 Å². The first-order valence-electron chi connectivity index (χ1n) is 13.2. The zero-order chi connectivity index (χ0) is 27.5. The van der Waals surface area contributed by atoms with Gasteiger partial charge in [0.2, 0.25) is 5.91 Å². The van der Waals surface area contributed by atoms with E-state index < -0.39 is 18.2 Å². The molecule has 1 amide bonds. The summed E-state index contributed by atoms with van der Waals surface area (Å²) < 4.78 is 5.17. The predicted molar refractivity (Wildman–Crippen MR) is 152 cm³/mol. The molecule has 0 radical (unpaired) electrons. The van der Waals surface area contributed by atoms with Crippen molar-refractivity contribution in [3.8, 4) is 11.3 Å². The number of carbonyl (C=O) groups is 1. The lowest BCUT2D eigenvalue weighted by molar-refractivity contribution is -0.127. The second-order valence-corrected chi connectivity index (χ2v) is 10.9. The van der Waals surface area contributed by atoms with E-state index in [1.54, 1.807) is 13.3 Å². The van der Waals surface area contributed by atoms with Crippen molar-refractivity contribution in [2.75, 3.05) is 13.8 Å². The fourth-order valence-electron chi connectivity index (χ4n) is 4.55. The Balaban J connectivity index is 1.76. The van der Waals surface area contributed by atoms with Crippen molar-refractivity contribution in [1.82, 2.24) is 15.6 Å². The maximum Gasteiger partial charge on any atom is 0.237 e. The molecule has 1 heterocycles. The molecule has 2 aromatic carbocycles. The van der Waals surface area contributed by atoms with Gasteiger partial charge >= 0.3 is 0 Å². The van der Waals surface area contributed by atoms with E-state index in [4.69, 9.17) is 10.5 Å². The number of hydrogen-bond donors (Lipinski definition) is 4. The summed E-state index contributed by atoms with van der Waals surface area (Å²) in [5.74, 6) is -0.131. The third-order valence-corrected chi connectivity index (χ3v) is 6.64. The van der Waals surface area contributed by atoms with Gasteiger partial charge in [0.15, 0.2) is 0 Å². The molecule has 0 saturated carbocycles. The quantitative estimate of drug-likeness (QED) is 0.257. The summed E-state index contributed by atoms with van der Waals surface area (Å²) in [7, 11) is 1.59. The Labute approximate surface area is 226 Å². The van der Waals surface area contributed by atoms with Crippen LogP contribution in [0.15, 0.2) is 79.0 Å². The van der Waals surface area contributed by atoms with Crippen LogP contribution < -0.4 is 16.4 Å². The average Bonchev–Trinajstić information content (AvgIpc) is 2.89. The first kappa shape index (κ1) is 29.5. The molecule has 7 heteroatoms. The maximum absolute atomic E-state index is 13.4. The molecule has 0 bridgehead atoms. The van der Waals surface area contributed by atoms with E-state index in [1.165, 1.54) is 0 Å². The largest absolute Gasteiger partial charge is 0.391 e. The summed E-state index contributed by atoms with van der Waals surface area (Å²) in [5.41, 5.74) is 10.1. The number of aromatic nitrogens is 1. The lowest BCUT2D eigenvalue weighted by atomic mass is 9.85. The Morgan fingerprint density at radius 3 is 2.24 bits per heavy atom. The first-order valence-corrected chi connectivity index (χ1v) is 13.2. The number of benzene rings is 2. The summed E-state index contributed by atoms with van der Waals surface area (Å²) in [6, 6.07) is 22.7. The van der Waals surface area contributed by atoms with E-state index in [-0.39, 0.29) is 24.1 Å². The van der Waals surface area contributed by atoms with Crippen LogP contribution in [-0.4, -0.2) is 54.1 Å². The van der Waals surface area contributed by atoms with Crippen LogP contribution in [0.4, 0.5) is 0 Å². The third-order valence-electron chi connectivity index (χ3n) is 6.64. The molecule has 3 aromatic rings. The number of nitrogens with zero attached hydrogens (tertiary/aromatic N) is 1. The number of aliphatic hydroxyl groups excluding tert-OH is 1. The van der Waals surface area contributed by atoms with Crippen LogP contribution in [0.5, 0.6) is 0 Å². The molecule has 38 heavy (non-hydrogen) atoms. The summed E-state index contributed by atoms with van der Waals surface area (Å²) in [6.07, 6.45) is 2.45. The second-order valence-electron chi connectivity index (χ2n) is 10.9. The highest BCUT2D eigenvalue weighted by atomic mass is 16.5. The minimum Gasteiger partial charge on any atom is -0.391 e. The molecular weight excluding hydrogens is 476 g/mol. The molecule has 4 atom stereocenters. The number of nitrogens with one attached hydrogen (secondary N) is 2. The Hall–Kier alpha value is -3.10. The number of amides is 1. The minimum atomic E-state index is -0.784. The van der Waals surface area contributed by atoms with Gasteiger partial charge in [-0.15, -0.1) is 0 Å². The van der Waals surface area contributed by atoms with E-state index >= 15 is 0 Å². The molecular formula is C31H42N4O3. The van der Waals surface area contributed by atoms with Crippen molar-refractivity contribution in [2.45, 2.75) is 64.3 Å². The summed E-state index contributed by atoms with van der Waals surface area (Å²) in [6.45, 7) is 6.29. The zero-order valence-corrected chi connectivity index (χ0v) is 22.9. The zero-order valence-electron chi connectivity index (χ0n) is 22.9. The molecule has 0 aliphatic carbocycles. The molecule has 0 spiro atoms. The average molecular weight is 519 g/mol. The molecule has 204 valence electrons. The molecule has 0 aliphatic rings. The van der Waals surface area contributed by atoms with Crippen LogP contribution in [-0.2, 0) is 22.4 Å². The van der Waals surface area contributed by atoms with Gasteiger partial charge < -0.3 is 20.9 Å². The number of aliphatic hydroxyl groups is 1. The molecule has 0 fully saturated rings. The second kappa shape index (κ2) is 14.2. The van der Waals surface area contributed by atoms with Crippen LogP contribution in [0.25, 0.3) is 11.3 Å². The van der Waals surface area contributed by atoms with Gasteiger partial charge in [0.1, 0.15) is 0 Å². The number of rotatable bonds is 13. The van der Waals surface area contributed by atoms with E-state index in [0.29, 0.717) is 19.3 Å². The molecule has 0 saturated heterocycles. The minimum absolute atomic E-state index is 0.131. The van der Waals surface area contributed by atoms with Crippen molar-refractivity contribution < 1.29 is 14.6 Å². The number of pyridine rings is 1. The fourth-order valence-corrected chi connectivity index (χ4v) is 4.55. The Kier molecular flexibility index (Phi) is 11.0. The SMILES string of the molecule is COCN[C@H](C(=O)N[C@H](Cc1ccc(-c2ccccn2)cc1)C[C@H](O)[C@@H](N)Cc1ccccc1)C(C)(C)C. The summed E-state index contributed by atoms with van der Waals surface area (Å²) in [4.78, 5) is 17.8. The predicted octanol–water partition coefficient (Wildman–Crippen LogP) is 3.71. The van der Waals surface area contributed by atoms with Crippen LogP contribution in [0.3, 0.4) is 0 Å². The van der Waals surface area contributed by atoms with Gasteiger partial charge in [-0.2, -0.15) is 0 Å². The standard InChI is InChI=1S/C31H42N4O3/c1-31(2,3)29(34-21-38-4)30(37)35-25(20-28(36)26(32)19-22-10-6-5-7-11-22)18-23-13-15-24(16-14-23)27-12-8-9-17-33-27/h5-17,25-26,28-29,34,36H,18-21,32H2,1-4H3,(H,35,37)/t25-,26+,28+,29-/m1/s1. The Bertz CT molecular complexity index is 1100. The van der Waals surface area contributed by atoms with Crippen LogP contribution in [0, 0.1) is 5.41 Å². The number of ether oxygens (including phenoxy) is 1. The molecule has 0 unspecified atom stereocenters. The van der Waals surface area contributed by atoms with E-state index in [1.807, 2.05) is 93.6 Å². The van der Waals surface area contributed by atoms with Crippen molar-refractivity contribution in [1.29, 1.82) is 0 Å². The highest BCUT2D eigenvalue weighted by molar-refractivity contribution is 5.82. The monoisotopic (exact) mass is 518 g/mol. The molecule has 5 N–H and O–H groups in total. The number of methoxy groups -OCH3 is 1. The van der Waals surface area contributed by atoms with Crippen LogP contribution in [0.2, 0.25) is 0 Å². The van der Waals surface area contributed by atoms with Crippen molar-refractivity contribution in [3.63, 3.8) is 0 Å². The van der Waals surface area contributed by atoms with Gasteiger partial charge in [-0.3, -0.25) is 15.1 Å². The van der Waals surface area contributed by atoms with E-state index in [2.05, 4.69) is 15.6 Å². The Morgan fingerprint density at radius 1 is 0.974 bits per heavy atom. The summed E-state index contributed by atoms with van der Waals surface area (Å²) >= 11 is 0. The number of carbonyl (C=O) groups excluding carboxylic acids is 1. The van der Waals surface area contributed by atoms with Gasteiger partial charge in [-0.25, -0.2) is 0 Å². The lowest BCUT2D eigenvalue weighted by Gasteiger charge is -2.33. The van der Waals surface area contributed by atoms with Gasteiger partial charge in [0.05, 0.1) is 24.6 Å². The smallest absolute Gasteiger partial charge is 0.237 e. The van der Waals surface area contributed by atoms with Gasteiger partial charge in [-0.1, -0.05) is 81.4 Å². The van der Waals surface area contributed by atoms with Crippen molar-refractivity contribution in [3.05, 3.63) is 90.1 Å². The van der Waals surface area contributed by atoms with Gasteiger partial charge in [-0.05, 0) is 47.9 Å². The number of nitrogens with two attached hydrogens (primary N) is 1. The fraction of sp³-hybridized carbons (Fsp3) is 0.419. The van der Waals surface area contributed by atoms with E-state index in [0.717, 1.165) is 22.4 Å². The molecule has 7 nitrogen and oxygen atoms in total. The molecule has 0 aliphatic heterocycles. The van der Waals surface area contributed by atoms with Gasteiger partial charge in [0.25, 0.3) is 0 Å². The van der Waals surface area contributed by atoms with Crippen LogP contribution in [0.1, 0.15) is 38.3 Å². The van der Waals surface area contributed by atoms with E-state index in [9.17, 15) is 9.90 Å². The Morgan fingerprint density at radius 2 is 1.63 bits per heavy atom. The normalized spacial score (nSPS) is 14.9. The maximum atomic E-state index is 13.4.